The van der Waals surface area contributed by atoms with Crippen LogP contribution in [0.3, 0.4) is 0 Å². The van der Waals surface area contributed by atoms with Crippen LogP contribution in [0.15, 0.2) is 48.5 Å². The zero-order valence-corrected chi connectivity index (χ0v) is 12.2. The summed E-state index contributed by atoms with van der Waals surface area (Å²) >= 11 is 0. The SMILES string of the molecule is Cc1ccccc1CC(CO)Cc1cccc(O[13CH3])c1. The second kappa shape index (κ2) is 7.11. The van der Waals surface area contributed by atoms with Crippen LogP contribution >= 0.6 is 0 Å². The molecule has 2 aromatic rings. The predicted octanol–water partition coefficient (Wildman–Crippen LogP) is 3.40. The fourth-order valence-corrected chi connectivity index (χ4v) is 2.48. The first kappa shape index (κ1) is 14.6. The van der Waals surface area contributed by atoms with Gasteiger partial charge in [-0.1, -0.05) is 36.4 Å². The molecule has 0 spiro atoms. The van der Waals surface area contributed by atoms with Gasteiger partial charge in [0, 0.05) is 6.61 Å². The monoisotopic (exact) mass is 271 g/mol. The van der Waals surface area contributed by atoms with Gasteiger partial charge < -0.3 is 9.84 Å². The van der Waals surface area contributed by atoms with E-state index in [0.29, 0.717) is 0 Å². The molecule has 20 heavy (non-hydrogen) atoms. The van der Waals surface area contributed by atoms with Crippen molar-refractivity contribution in [1.29, 1.82) is 0 Å². The average Bonchev–Trinajstić information content (AvgIpc) is 2.49. The van der Waals surface area contributed by atoms with Crippen LogP contribution in [-0.4, -0.2) is 18.8 Å². The Hall–Kier alpha value is -1.80. The predicted molar refractivity (Wildman–Crippen MR) is 82.2 cm³/mol. The molecule has 2 heteroatoms. The summed E-state index contributed by atoms with van der Waals surface area (Å²) in [5.41, 5.74) is 3.81. The van der Waals surface area contributed by atoms with Gasteiger partial charge in [-0.15, -0.1) is 0 Å². The van der Waals surface area contributed by atoms with Crippen molar-refractivity contribution in [2.24, 2.45) is 5.92 Å². The van der Waals surface area contributed by atoms with E-state index in [-0.39, 0.29) is 12.5 Å². The van der Waals surface area contributed by atoms with E-state index in [1.807, 2.05) is 18.2 Å². The van der Waals surface area contributed by atoms with Gasteiger partial charge in [-0.05, 0) is 54.5 Å². The van der Waals surface area contributed by atoms with E-state index in [1.165, 1.54) is 16.7 Å². The first-order valence-electron chi connectivity index (χ1n) is 7.01. The molecule has 1 atom stereocenters. The molecule has 0 amide bonds. The maximum atomic E-state index is 9.63. The normalized spacial score (nSPS) is 12.2. The molecule has 0 aliphatic carbocycles. The fourth-order valence-electron chi connectivity index (χ4n) is 2.48. The van der Waals surface area contributed by atoms with Crippen LogP contribution in [0.1, 0.15) is 16.7 Å². The Labute approximate surface area is 121 Å². The Bertz CT molecular complexity index is 549. The molecule has 106 valence electrons. The highest BCUT2D eigenvalue weighted by Gasteiger charge is 2.11. The topological polar surface area (TPSA) is 29.5 Å². The Morgan fingerprint density at radius 1 is 1.05 bits per heavy atom. The summed E-state index contributed by atoms with van der Waals surface area (Å²) in [4.78, 5) is 0. The van der Waals surface area contributed by atoms with Crippen LogP contribution in [-0.2, 0) is 12.8 Å². The largest absolute Gasteiger partial charge is 0.497 e. The summed E-state index contributed by atoms with van der Waals surface area (Å²) < 4.78 is 5.24. The molecule has 0 heterocycles. The maximum absolute atomic E-state index is 9.63. The zero-order chi connectivity index (χ0) is 14.4. The lowest BCUT2D eigenvalue weighted by atomic mass is 9.91. The van der Waals surface area contributed by atoms with Crippen molar-refractivity contribution in [2.75, 3.05) is 13.7 Å². The third-order valence-corrected chi connectivity index (χ3v) is 3.69. The van der Waals surface area contributed by atoms with E-state index < -0.39 is 0 Å². The summed E-state index contributed by atoms with van der Waals surface area (Å²) in [6, 6.07) is 16.4. The van der Waals surface area contributed by atoms with Crippen LogP contribution in [0.25, 0.3) is 0 Å². The van der Waals surface area contributed by atoms with Crippen LogP contribution in [0.2, 0.25) is 0 Å². The molecule has 2 rings (SSSR count). The number of benzene rings is 2. The van der Waals surface area contributed by atoms with Gasteiger partial charge in [-0.25, -0.2) is 0 Å². The number of aliphatic hydroxyl groups excluding tert-OH is 1. The lowest BCUT2D eigenvalue weighted by molar-refractivity contribution is 0.224. The first-order valence-corrected chi connectivity index (χ1v) is 7.01. The van der Waals surface area contributed by atoms with Gasteiger partial charge in [-0.3, -0.25) is 0 Å². The van der Waals surface area contributed by atoms with Crippen molar-refractivity contribution in [1.82, 2.24) is 0 Å². The third kappa shape index (κ3) is 3.84. The molecule has 2 nitrogen and oxygen atoms in total. The van der Waals surface area contributed by atoms with E-state index >= 15 is 0 Å². The highest BCUT2D eigenvalue weighted by molar-refractivity contribution is 5.30. The molecule has 1 N–H and O–H groups in total. The summed E-state index contributed by atoms with van der Waals surface area (Å²) in [7, 11) is 1.68. The maximum Gasteiger partial charge on any atom is 0.119 e. The van der Waals surface area contributed by atoms with E-state index in [2.05, 4.69) is 37.3 Å². The van der Waals surface area contributed by atoms with Crippen LogP contribution < -0.4 is 4.74 Å². The highest BCUT2D eigenvalue weighted by Crippen LogP contribution is 2.19. The minimum atomic E-state index is 0.200. The molecule has 1 unspecified atom stereocenters. The van der Waals surface area contributed by atoms with E-state index in [4.69, 9.17) is 4.74 Å². The fraction of sp³-hybridized carbons (Fsp3) is 0.333. The molecular formula is C18H22O2. The number of rotatable bonds is 6. The van der Waals surface area contributed by atoms with E-state index in [1.54, 1.807) is 7.11 Å². The molecule has 0 radical (unpaired) electrons. The quantitative estimate of drug-likeness (QED) is 0.816. The van der Waals surface area contributed by atoms with Gasteiger partial charge >= 0.3 is 0 Å². The second-order valence-electron chi connectivity index (χ2n) is 5.23. The lowest BCUT2D eigenvalue weighted by Gasteiger charge is -2.16. The highest BCUT2D eigenvalue weighted by atomic mass is 16.5. The van der Waals surface area contributed by atoms with Crippen molar-refractivity contribution >= 4 is 0 Å². The van der Waals surface area contributed by atoms with Gasteiger partial charge in [0.2, 0.25) is 0 Å². The number of hydrogen-bond acceptors (Lipinski definition) is 2. The zero-order valence-electron chi connectivity index (χ0n) is 12.2. The van der Waals surface area contributed by atoms with Crippen molar-refractivity contribution in [2.45, 2.75) is 19.8 Å². The number of hydrogen-bond donors (Lipinski definition) is 1. The van der Waals surface area contributed by atoms with Gasteiger partial charge in [0.15, 0.2) is 0 Å². The summed E-state index contributed by atoms with van der Waals surface area (Å²) in [5, 5.41) is 9.63. The Balaban J connectivity index is 2.07. The molecule has 2 aromatic carbocycles. The number of ether oxygens (including phenoxy) is 1. The smallest absolute Gasteiger partial charge is 0.119 e. The molecule has 0 fully saturated rings. The van der Waals surface area contributed by atoms with Gasteiger partial charge in [0.05, 0.1) is 7.11 Å². The van der Waals surface area contributed by atoms with E-state index in [0.717, 1.165) is 18.6 Å². The minimum absolute atomic E-state index is 0.200. The Kier molecular flexibility index (Phi) is 5.19. The van der Waals surface area contributed by atoms with Crippen molar-refractivity contribution in [3.8, 4) is 5.75 Å². The molecule has 0 saturated heterocycles. The number of methoxy groups -OCH3 is 1. The van der Waals surface area contributed by atoms with Crippen LogP contribution in [0.5, 0.6) is 5.75 Å². The van der Waals surface area contributed by atoms with Crippen LogP contribution in [0, 0.1) is 12.8 Å². The summed E-state index contributed by atoms with van der Waals surface area (Å²) in [6.07, 6.45) is 1.77. The average molecular weight is 271 g/mol. The molecule has 0 saturated carbocycles. The van der Waals surface area contributed by atoms with Gasteiger partial charge in [0.25, 0.3) is 0 Å². The second-order valence-corrected chi connectivity index (χ2v) is 5.23. The van der Waals surface area contributed by atoms with Gasteiger partial charge in [0.1, 0.15) is 5.75 Å². The summed E-state index contributed by atoms with van der Waals surface area (Å²) in [5.74, 6) is 1.11. The number of aryl methyl sites for hydroxylation is 1. The standard InChI is InChI=1S/C18H22O2/c1-14-6-3-4-8-17(14)11-16(13-19)10-15-7-5-9-18(12-15)20-2/h3-9,12,16,19H,10-11,13H2,1-2H3/i2+1. The lowest BCUT2D eigenvalue weighted by Crippen LogP contribution is -2.13. The molecular weight excluding hydrogens is 249 g/mol. The molecule has 0 aliphatic heterocycles. The minimum Gasteiger partial charge on any atom is -0.497 e. The van der Waals surface area contributed by atoms with Crippen LogP contribution in [0.4, 0.5) is 0 Å². The Morgan fingerprint density at radius 3 is 2.55 bits per heavy atom. The molecule has 0 bridgehead atoms. The number of aliphatic hydroxyl groups is 1. The van der Waals surface area contributed by atoms with E-state index in [9.17, 15) is 5.11 Å². The van der Waals surface area contributed by atoms with Gasteiger partial charge in [-0.2, -0.15) is 0 Å². The van der Waals surface area contributed by atoms with Crippen molar-refractivity contribution in [3.63, 3.8) is 0 Å². The van der Waals surface area contributed by atoms with Crippen molar-refractivity contribution < 1.29 is 9.84 Å². The first-order chi connectivity index (χ1) is 9.72. The third-order valence-electron chi connectivity index (χ3n) is 3.69. The molecule has 0 aliphatic rings. The van der Waals surface area contributed by atoms with Crippen molar-refractivity contribution in [3.05, 3.63) is 65.2 Å². The Morgan fingerprint density at radius 2 is 1.85 bits per heavy atom. The summed E-state index contributed by atoms with van der Waals surface area (Å²) in [6.45, 7) is 2.32. The molecule has 0 aromatic heterocycles.